The zero-order valence-electron chi connectivity index (χ0n) is 17.0. The monoisotopic (exact) mass is 469 g/mol. The van der Waals surface area contributed by atoms with Crippen molar-refractivity contribution in [1.29, 1.82) is 0 Å². The van der Waals surface area contributed by atoms with Gasteiger partial charge in [-0.15, -0.1) is 8.81 Å². The van der Waals surface area contributed by atoms with Crippen molar-refractivity contribution in [3.05, 3.63) is 95.6 Å². The molecule has 0 saturated carbocycles. The Balaban J connectivity index is 1.76. The highest BCUT2D eigenvalue weighted by Crippen LogP contribution is 2.26. The number of nitrogens with one attached hydrogen (secondary N) is 1. The second-order valence-electron chi connectivity index (χ2n) is 7.16. The summed E-state index contributed by atoms with van der Waals surface area (Å²) in [6.45, 7) is 1.81. The molecule has 0 spiro atoms. The van der Waals surface area contributed by atoms with E-state index in [0.717, 1.165) is 5.56 Å². The van der Waals surface area contributed by atoms with E-state index in [2.05, 4.69) is 9.82 Å². The second-order valence-corrected chi connectivity index (χ2v) is 10.5. The normalized spacial score (nSPS) is 14.3. The Kier molecular flexibility index (Phi) is 5.57. The number of aryl methyl sites for hydroxylation is 1. The highest BCUT2D eigenvalue weighted by molar-refractivity contribution is 7.91. The maximum atomic E-state index is 13.4. The van der Waals surface area contributed by atoms with Gasteiger partial charge < -0.3 is 0 Å². The largest absolute Gasteiger partial charge is 0.285 e. The average Bonchev–Trinajstić information content (AvgIpc) is 3.03. The summed E-state index contributed by atoms with van der Waals surface area (Å²) in [4.78, 5) is 13.0. The van der Waals surface area contributed by atoms with Crippen molar-refractivity contribution >= 4 is 31.8 Å². The van der Waals surface area contributed by atoms with E-state index in [0.29, 0.717) is 9.98 Å². The molecule has 3 aromatic rings. The van der Waals surface area contributed by atoms with Crippen LogP contribution in [0.25, 0.3) is 0 Å². The van der Waals surface area contributed by atoms with Crippen LogP contribution in [0.15, 0.2) is 93.1 Å². The van der Waals surface area contributed by atoms with Crippen LogP contribution in [0, 0.1) is 6.92 Å². The van der Waals surface area contributed by atoms with Crippen LogP contribution < -0.4 is 5.43 Å². The zero-order chi connectivity index (χ0) is 22.9. The molecule has 0 aliphatic carbocycles. The molecule has 164 valence electrons. The van der Waals surface area contributed by atoms with Gasteiger partial charge >= 0.3 is 0 Å². The van der Waals surface area contributed by atoms with Gasteiger partial charge in [-0.2, -0.15) is 16.8 Å². The molecule has 1 amide bonds. The third-order valence-corrected chi connectivity index (χ3v) is 7.80. The Labute approximate surface area is 186 Å². The number of benzene rings is 3. The molecule has 0 unspecified atom stereocenters. The fourth-order valence-electron chi connectivity index (χ4n) is 3.20. The summed E-state index contributed by atoms with van der Waals surface area (Å²) in [6, 6.07) is 20.6. The van der Waals surface area contributed by atoms with Gasteiger partial charge in [-0.1, -0.05) is 60.2 Å². The van der Waals surface area contributed by atoms with Crippen LogP contribution in [0.3, 0.4) is 0 Å². The molecule has 4 rings (SSSR count). The first-order valence-electron chi connectivity index (χ1n) is 9.58. The lowest BCUT2D eigenvalue weighted by Crippen LogP contribution is -2.50. The van der Waals surface area contributed by atoms with Crippen LogP contribution in [0.2, 0.25) is 0 Å². The van der Waals surface area contributed by atoms with E-state index in [1.165, 1.54) is 30.3 Å². The number of sulfonamides is 2. The highest BCUT2D eigenvalue weighted by Gasteiger charge is 2.35. The van der Waals surface area contributed by atoms with Gasteiger partial charge in [0, 0.05) is 5.56 Å². The molecule has 0 radical (unpaired) electrons. The third kappa shape index (κ3) is 4.14. The fraction of sp³-hybridized carbons (Fsp3) is 0.0909. The van der Waals surface area contributed by atoms with Crippen LogP contribution in [0.4, 0.5) is 0 Å². The van der Waals surface area contributed by atoms with Crippen LogP contribution in [-0.4, -0.2) is 33.0 Å². The summed E-state index contributed by atoms with van der Waals surface area (Å²) in [7, 11) is -8.38. The molecule has 0 bridgehead atoms. The van der Waals surface area contributed by atoms with Gasteiger partial charge in [0.1, 0.15) is 4.90 Å². The number of hydrogen-bond donors (Lipinski definition) is 1. The minimum atomic E-state index is -4.37. The molecule has 0 saturated heterocycles. The summed E-state index contributed by atoms with van der Waals surface area (Å²) in [6.07, 6.45) is -0.222. The van der Waals surface area contributed by atoms with E-state index < -0.39 is 26.0 Å². The lowest BCUT2D eigenvalue weighted by Gasteiger charge is -2.24. The van der Waals surface area contributed by atoms with E-state index in [1.807, 2.05) is 6.92 Å². The molecule has 0 fully saturated rings. The van der Waals surface area contributed by atoms with Gasteiger partial charge in [0.2, 0.25) is 0 Å². The van der Waals surface area contributed by atoms with Crippen molar-refractivity contribution in [3.8, 4) is 0 Å². The summed E-state index contributed by atoms with van der Waals surface area (Å²) in [5.74, 6) is -1.03. The predicted octanol–water partition coefficient (Wildman–Crippen LogP) is 2.41. The topological polar surface area (TPSA) is 113 Å². The summed E-state index contributed by atoms with van der Waals surface area (Å²) >= 11 is 0. The summed E-state index contributed by atoms with van der Waals surface area (Å²) in [5, 5.41) is 0. The first-order valence-corrected chi connectivity index (χ1v) is 12.5. The molecule has 0 aromatic heterocycles. The van der Waals surface area contributed by atoms with Crippen molar-refractivity contribution in [1.82, 2.24) is 9.84 Å². The summed E-state index contributed by atoms with van der Waals surface area (Å²) < 4.78 is 55.6. The van der Waals surface area contributed by atoms with Crippen LogP contribution >= 0.6 is 0 Å². The number of carbonyl (C=O) groups excluding carboxylic acids is 1. The van der Waals surface area contributed by atoms with E-state index in [-0.39, 0.29) is 27.6 Å². The van der Waals surface area contributed by atoms with Gasteiger partial charge in [0.25, 0.3) is 26.0 Å². The number of hydrogen-bond acceptors (Lipinski definition) is 6. The van der Waals surface area contributed by atoms with Crippen LogP contribution in [0.1, 0.15) is 16.7 Å². The molecule has 1 aliphatic rings. The van der Waals surface area contributed by atoms with Crippen molar-refractivity contribution in [2.24, 2.45) is 4.40 Å². The zero-order valence-corrected chi connectivity index (χ0v) is 18.6. The van der Waals surface area contributed by atoms with Gasteiger partial charge in [0.15, 0.2) is 5.84 Å². The van der Waals surface area contributed by atoms with Gasteiger partial charge in [0.05, 0.1) is 11.3 Å². The Morgan fingerprint density at radius 3 is 2.25 bits per heavy atom. The Hall–Kier alpha value is -3.50. The standard InChI is InChI=1S/C22H19N3O5S2/c1-16-11-13-18(14-12-16)32(29,30)25(21(26)15-17-7-3-2-4-8-17)23-22-19-9-5-6-10-20(19)31(27,28)24-22/h2-14H,15H2,1H3,(H,23,24). The minimum absolute atomic E-state index is 0.0642. The maximum absolute atomic E-state index is 13.4. The van der Waals surface area contributed by atoms with Gasteiger partial charge in [-0.05, 0) is 36.8 Å². The van der Waals surface area contributed by atoms with Gasteiger partial charge in [-0.3, -0.25) is 10.2 Å². The summed E-state index contributed by atoms with van der Waals surface area (Å²) in [5.41, 5.74) is 4.10. The van der Waals surface area contributed by atoms with Crippen molar-refractivity contribution in [2.75, 3.05) is 0 Å². The molecular weight excluding hydrogens is 450 g/mol. The van der Waals surface area contributed by atoms with Crippen LogP contribution in [0.5, 0.6) is 0 Å². The van der Waals surface area contributed by atoms with Crippen molar-refractivity contribution in [3.63, 3.8) is 0 Å². The first kappa shape index (κ1) is 21.7. The number of nitrogens with zero attached hydrogens (tertiary/aromatic N) is 2. The number of hydrazine groups is 1. The van der Waals surface area contributed by atoms with E-state index in [9.17, 15) is 21.6 Å². The third-order valence-electron chi connectivity index (χ3n) is 4.82. The second kappa shape index (κ2) is 8.21. The lowest BCUT2D eigenvalue weighted by atomic mass is 10.1. The SMILES string of the molecule is Cc1ccc(S(=O)(=O)N(NC2=NS(=O)(=O)c3ccccc32)C(=O)Cc2ccccc2)cc1. The predicted molar refractivity (Wildman–Crippen MR) is 119 cm³/mol. The van der Waals surface area contributed by atoms with E-state index in [4.69, 9.17) is 0 Å². The Morgan fingerprint density at radius 2 is 1.56 bits per heavy atom. The van der Waals surface area contributed by atoms with Crippen molar-refractivity contribution in [2.45, 2.75) is 23.1 Å². The Morgan fingerprint density at radius 1 is 0.938 bits per heavy atom. The van der Waals surface area contributed by atoms with E-state index >= 15 is 0 Å². The number of fused-ring (bicyclic) bond motifs is 1. The molecule has 1 N–H and O–H groups in total. The lowest BCUT2D eigenvalue weighted by molar-refractivity contribution is -0.127. The Bertz CT molecular complexity index is 1420. The minimum Gasteiger partial charge on any atom is -0.271 e. The van der Waals surface area contributed by atoms with Crippen LogP contribution in [-0.2, 0) is 31.3 Å². The first-order chi connectivity index (χ1) is 15.2. The molecule has 10 heteroatoms. The molecule has 8 nitrogen and oxygen atoms in total. The molecule has 32 heavy (non-hydrogen) atoms. The molecule has 1 heterocycles. The molecule has 1 aliphatic heterocycles. The molecule has 3 aromatic carbocycles. The quantitative estimate of drug-likeness (QED) is 0.587. The number of amidine groups is 1. The number of rotatable bonds is 4. The van der Waals surface area contributed by atoms with Gasteiger partial charge in [-0.25, -0.2) is 0 Å². The van der Waals surface area contributed by atoms with Crippen molar-refractivity contribution < 1.29 is 21.6 Å². The highest BCUT2D eigenvalue weighted by atomic mass is 32.2. The number of amides is 1. The average molecular weight is 470 g/mol. The molecular formula is C22H19N3O5S2. The van der Waals surface area contributed by atoms with E-state index in [1.54, 1.807) is 48.5 Å². The number of carbonyl (C=O) groups is 1. The maximum Gasteiger partial charge on any atom is 0.285 e. The smallest absolute Gasteiger partial charge is 0.271 e. The molecule has 0 atom stereocenters. The fourth-order valence-corrected chi connectivity index (χ4v) is 5.60.